The van der Waals surface area contributed by atoms with Crippen LogP contribution in [0.1, 0.15) is 90.4 Å². The van der Waals surface area contributed by atoms with Gasteiger partial charge >= 0.3 is 11.9 Å². The third kappa shape index (κ3) is 20.4. The zero-order chi connectivity index (χ0) is 18.6. The molecule has 0 heterocycles. The van der Waals surface area contributed by atoms with Crippen LogP contribution in [0.5, 0.6) is 0 Å². The molecule has 0 saturated carbocycles. The number of aliphatic carboxylic acids is 1. The van der Waals surface area contributed by atoms with E-state index in [-0.39, 0.29) is 0 Å². The fraction of sp³-hybridized carbons (Fsp3) is 0.714. The Morgan fingerprint density at radius 2 is 1.36 bits per heavy atom. The highest BCUT2D eigenvalue weighted by molar-refractivity contribution is 5.90. The predicted octanol–water partition coefficient (Wildman–Crippen LogP) is 5.82. The van der Waals surface area contributed by atoms with Crippen LogP contribution in [0, 0.1) is 0 Å². The zero-order valence-electron chi connectivity index (χ0n) is 15.9. The van der Waals surface area contributed by atoms with E-state index in [0.717, 1.165) is 32.1 Å². The Balaban J connectivity index is 3.24. The van der Waals surface area contributed by atoms with Crippen LogP contribution in [0.25, 0.3) is 0 Å². The van der Waals surface area contributed by atoms with Crippen molar-refractivity contribution in [1.29, 1.82) is 0 Å². The number of allylic oxidation sites excluding steroid dienone is 4. The van der Waals surface area contributed by atoms with Crippen LogP contribution in [0.4, 0.5) is 0 Å². The van der Waals surface area contributed by atoms with Gasteiger partial charge in [-0.1, -0.05) is 69.8 Å². The van der Waals surface area contributed by atoms with E-state index in [4.69, 9.17) is 9.84 Å². The van der Waals surface area contributed by atoms with Gasteiger partial charge in [0.15, 0.2) is 0 Å². The molecule has 0 atom stereocenters. The van der Waals surface area contributed by atoms with Crippen LogP contribution in [0.2, 0.25) is 0 Å². The lowest BCUT2D eigenvalue weighted by Gasteiger charge is -2.03. The van der Waals surface area contributed by atoms with E-state index < -0.39 is 18.4 Å². The van der Waals surface area contributed by atoms with Gasteiger partial charge in [-0.15, -0.1) is 0 Å². The molecule has 4 heteroatoms. The summed E-state index contributed by atoms with van der Waals surface area (Å²) >= 11 is 0. The lowest BCUT2D eigenvalue weighted by atomic mass is 10.1. The summed E-state index contributed by atoms with van der Waals surface area (Å²) in [6.45, 7) is 2.56. The molecule has 0 aliphatic carbocycles. The van der Waals surface area contributed by atoms with Crippen molar-refractivity contribution in [2.24, 2.45) is 0 Å². The molecule has 0 aromatic heterocycles. The maximum absolute atomic E-state index is 11.0. The van der Waals surface area contributed by atoms with E-state index in [2.05, 4.69) is 31.2 Å². The van der Waals surface area contributed by atoms with Crippen molar-refractivity contribution in [2.45, 2.75) is 90.4 Å². The first-order valence-corrected chi connectivity index (χ1v) is 9.84. The molecule has 0 bridgehead atoms. The van der Waals surface area contributed by atoms with Gasteiger partial charge in [0.05, 0.1) is 6.61 Å². The Morgan fingerprint density at radius 3 is 1.96 bits per heavy atom. The zero-order valence-corrected chi connectivity index (χ0v) is 15.9. The van der Waals surface area contributed by atoms with E-state index in [0.29, 0.717) is 6.61 Å². The van der Waals surface area contributed by atoms with Gasteiger partial charge in [0, 0.05) is 0 Å². The molecule has 0 spiro atoms. The molecular formula is C21H36O4. The van der Waals surface area contributed by atoms with Gasteiger partial charge in [-0.05, 0) is 38.5 Å². The first-order chi connectivity index (χ1) is 12.2. The summed E-state index contributed by atoms with van der Waals surface area (Å²) < 4.78 is 4.84. The standard InChI is InChI=1S/C21H36O4/c1-2-3-4-5-6-7-8-9-10-11-12-13-14-15-16-17-18-25-21(24)19-20(22)23/h6-7,9-10H,2-5,8,11-19H2,1H3,(H,22,23). The van der Waals surface area contributed by atoms with Crippen molar-refractivity contribution in [3.8, 4) is 0 Å². The molecule has 25 heavy (non-hydrogen) atoms. The topological polar surface area (TPSA) is 63.6 Å². The fourth-order valence-corrected chi connectivity index (χ4v) is 2.45. The number of ether oxygens (including phenoxy) is 1. The molecule has 0 radical (unpaired) electrons. The van der Waals surface area contributed by atoms with Gasteiger partial charge in [0.25, 0.3) is 0 Å². The lowest BCUT2D eigenvalue weighted by Crippen LogP contribution is -2.11. The second-order valence-electron chi connectivity index (χ2n) is 6.38. The summed E-state index contributed by atoms with van der Waals surface area (Å²) in [5.74, 6) is -1.78. The van der Waals surface area contributed by atoms with E-state index in [1.54, 1.807) is 0 Å². The SMILES string of the molecule is CCCCCC=CCC=CCCCCCCCCOC(=O)CC(=O)O. The maximum atomic E-state index is 11.0. The number of unbranched alkanes of at least 4 members (excludes halogenated alkanes) is 9. The van der Waals surface area contributed by atoms with Crippen LogP contribution in [0.15, 0.2) is 24.3 Å². The monoisotopic (exact) mass is 352 g/mol. The molecule has 4 nitrogen and oxygen atoms in total. The molecule has 0 fully saturated rings. The minimum atomic E-state index is -1.14. The van der Waals surface area contributed by atoms with Crippen molar-refractivity contribution in [1.82, 2.24) is 0 Å². The molecule has 0 unspecified atom stereocenters. The number of hydrogen-bond acceptors (Lipinski definition) is 3. The number of carboxylic acid groups (broad SMARTS) is 1. The van der Waals surface area contributed by atoms with Crippen molar-refractivity contribution in [3.05, 3.63) is 24.3 Å². The van der Waals surface area contributed by atoms with Crippen LogP contribution in [-0.2, 0) is 14.3 Å². The molecular weight excluding hydrogens is 316 g/mol. The summed E-state index contributed by atoms with van der Waals surface area (Å²) in [7, 11) is 0. The summed E-state index contributed by atoms with van der Waals surface area (Å²) in [6, 6.07) is 0. The number of carboxylic acids is 1. The predicted molar refractivity (Wildman–Crippen MR) is 103 cm³/mol. The van der Waals surface area contributed by atoms with Crippen molar-refractivity contribution in [2.75, 3.05) is 6.61 Å². The minimum absolute atomic E-state index is 0.334. The number of carbonyl (C=O) groups is 2. The smallest absolute Gasteiger partial charge is 0.317 e. The lowest BCUT2D eigenvalue weighted by molar-refractivity contribution is -0.151. The molecule has 0 aliphatic rings. The Bertz CT molecular complexity index is 385. The van der Waals surface area contributed by atoms with Gasteiger partial charge in [0.2, 0.25) is 0 Å². The van der Waals surface area contributed by atoms with Crippen LogP contribution in [-0.4, -0.2) is 23.7 Å². The molecule has 0 saturated heterocycles. The molecule has 0 aromatic rings. The number of carbonyl (C=O) groups excluding carboxylic acids is 1. The first kappa shape index (κ1) is 23.4. The Kier molecular flexibility index (Phi) is 17.6. The second kappa shape index (κ2) is 18.8. The quantitative estimate of drug-likeness (QED) is 0.155. The van der Waals surface area contributed by atoms with Gasteiger partial charge in [-0.25, -0.2) is 0 Å². The maximum Gasteiger partial charge on any atom is 0.317 e. The van der Waals surface area contributed by atoms with Crippen molar-refractivity contribution in [3.63, 3.8) is 0 Å². The van der Waals surface area contributed by atoms with Crippen LogP contribution >= 0.6 is 0 Å². The van der Waals surface area contributed by atoms with E-state index in [1.807, 2.05) is 0 Å². The second-order valence-corrected chi connectivity index (χ2v) is 6.38. The summed E-state index contributed by atoms with van der Waals surface area (Å²) in [5, 5.41) is 8.42. The third-order valence-corrected chi connectivity index (χ3v) is 3.90. The number of hydrogen-bond donors (Lipinski definition) is 1. The Morgan fingerprint density at radius 1 is 0.800 bits per heavy atom. The number of rotatable bonds is 17. The largest absolute Gasteiger partial charge is 0.481 e. The van der Waals surface area contributed by atoms with E-state index in [1.165, 1.54) is 44.9 Å². The van der Waals surface area contributed by atoms with E-state index >= 15 is 0 Å². The fourth-order valence-electron chi connectivity index (χ4n) is 2.45. The normalized spacial score (nSPS) is 11.4. The Labute approximate surface area is 153 Å². The molecule has 0 aliphatic heterocycles. The molecule has 0 aromatic carbocycles. The summed E-state index contributed by atoms with van der Waals surface area (Å²) in [5.41, 5.74) is 0. The van der Waals surface area contributed by atoms with Gasteiger partial charge < -0.3 is 9.84 Å². The molecule has 144 valence electrons. The average Bonchev–Trinajstić information content (AvgIpc) is 2.57. The minimum Gasteiger partial charge on any atom is -0.481 e. The van der Waals surface area contributed by atoms with Gasteiger partial charge in [-0.2, -0.15) is 0 Å². The Hall–Kier alpha value is -1.58. The average molecular weight is 353 g/mol. The van der Waals surface area contributed by atoms with Crippen LogP contribution in [0.3, 0.4) is 0 Å². The summed E-state index contributed by atoms with van der Waals surface area (Å²) in [4.78, 5) is 21.3. The highest BCUT2D eigenvalue weighted by Gasteiger charge is 2.07. The highest BCUT2D eigenvalue weighted by Crippen LogP contribution is 2.08. The molecule has 0 rings (SSSR count). The van der Waals surface area contributed by atoms with Gasteiger partial charge in [-0.3, -0.25) is 9.59 Å². The van der Waals surface area contributed by atoms with E-state index in [9.17, 15) is 9.59 Å². The van der Waals surface area contributed by atoms with Crippen molar-refractivity contribution < 1.29 is 19.4 Å². The number of esters is 1. The van der Waals surface area contributed by atoms with Gasteiger partial charge in [0.1, 0.15) is 6.42 Å². The molecule has 1 N–H and O–H groups in total. The molecule has 0 amide bonds. The van der Waals surface area contributed by atoms with Crippen molar-refractivity contribution >= 4 is 11.9 Å². The highest BCUT2D eigenvalue weighted by atomic mass is 16.5. The van der Waals surface area contributed by atoms with Crippen LogP contribution < -0.4 is 0 Å². The third-order valence-electron chi connectivity index (χ3n) is 3.90. The summed E-state index contributed by atoms with van der Waals surface area (Å²) in [6.07, 6.45) is 22.5. The first-order valence-electron chi connectivity index (χ1n) is 9.84.